The molecule has 1 saturated carbocycles. The number of nitrogens with one attached hydrogen (secondary N) is 1. The SMILES string of the molecule is CSCCC(C)NCc1ccccc1C1CC1. The van der Waals surface area contributed by atoms with E-state index in [0.717, 1.165) is 12.5 Å². The molecule has 1 aromatic carbocycles. The van der Waals surface area contributed by atoms with Gasteiger partial charge in [-0.05, 0) is 55.2 Å². The molecular formula is C15H23NS. The first-order valence-corrected chi connectivity index (χ1v) is 8.00. The number of hydrogen-bond donors (Lipinski definition) is 1. The van der Waals surface area contributed by atoms with Gasteiger partial charge in [0.1, 0.15) is 0 Å². The fourth-order valence-corrected chi connectivity index (χ4v) is 2.76. The van der Waals surface area contributed by atoms with Crippen molar-refractivity contribution >= 4 is 11.8 Å². The van der Waals surface area contributed by atoms with Crippen LogP contribution in [-0.4, -0.2) is 18.1 Å². The van der Waals surface area contributed by atoms with E-state index in [0.29, 0.717) is 6.04 Å². The van der Waals surface area contributed by atoms with E-state index in [9.17, 15) is 0 Å². The lowest BCUT2D eigenvalue weighted by Gasteiger charge is -2.15. The Bertz CT molecular complexity index is 347. The predicted octanol–water partition coefficient (Wildman–Crippen LogP) is 3.80. The molecule has 0 bridgehead atoms. The van der Waals surface area contributed by atoms with Crippen LogP contribution in [0.25, 0.3) is 0 Å². The van der Waals surface area contributed by atoms with Crippen molar-refractivity contribution in [2.24, 2.45) is 0 Å². The second-order valence-electron chi connectivity index (χ2n) is 5.04. The van der Waals surface area contributed by atoms with E-state index in [1.54, 1.807) is 5.56 Å². The summed E-state index contributed by atoms with van der Waals surface area (Å²) in [6, 6.07) is 9.54. The highest BCUT2D eigenvalue weighted by molar-refractivity contribution is 7.98. The molecular weight excluding hydrogens is 226 g/mol. The molecule has 2 rings (SSSR count). The number of thioether (sulfide) groups is 1. The number of rotatable bonds is 7. The Morgan fingerprint density at radius 3 is 2.82 bits per heavy atom. The van der Waals surface area contributed by atoms with Crippen LogP contribution in [0.15, 0.2) is 24.3 Å². The number of hydrogen-bond acceptors (Lipinski definition) is 2. The van der Waals surface area contributed by atoms with Gasteiger partial charge in [-0.15, -0.1) is 0 Å². The highest BCUT2D eigenvalue weighted by atomic mass is 32.2. The minimum absolute atomic E-state index is 0.620. The first-order valence-electron chi connectivity index (χ1n) is 6.61. The lowest BCUT2D eigenvalue weighted by atomic mass is 10.0. The maximum absolute atomic E-state index is 3.64. The molecule has 0 heterocycles. The summed E-state index contributed by atoms with van der Waals surface area (Å²) in [7, 11) is 0. The third-order valence-electron chi connectivity index (χ3n) is 3.47. The molecule has 1 aliphatic carbocycles. The average Bonchev–Trinajstić information content (AvgIpc) is 3.18. The van der Waals surface area contributed by atoms with Gasteiger partial charge < -0.3 is 5.32 Å². The molecule has 1 unspecified atom stereocenters. The molecule has 94 valence electrons. The summed E-state index contributed by atoms with van der Waals surface area (Å²) < 4.78 is 0. The lowest BCUT2D eigenvalue weighted by Crippen LogP contribution is -2.26. The summed E-state index contributed by atoms with van der Waals surface area (Å²) in [6.45, 7) is 3.32. The van der Waals surface area contributed by atoms with Gasteiger partial charge in [-0.2, -0.15) is 11.8 Å². The summed E-state index contributed by atoms with van der Waals surface area (Å²) in [5.41, 5.74) is 3.09. The van der Waals surface area contributed by atoms with Crippen molar-refractivity contribution in [2.75, 3.05) is 12.0 Å². The van der Waals surface area contributed by atoms with E-state index < -0.39 is 0 Å². The quantitative estimate of drug-likeness (QED) is 0.789. The molecule has 0 radical (unpaired) electrons. The van der Waals surface area contributed by atoms with Gasteiger partial charge >= 0.3 is 0 Å². The average molecular weight is 249 g/mol. The van der Waals surface area contributed by atoms with Crippen molar-refractivity contribution in [3.63, 3.8) is 0 Å². The van der Waals surface area contributed by atoms with E-state index in [2.05, 4.69) is 42.8 Å². The molecule has 1 aromatic rings. The molecule has 0 amide bonds. The molecule has 1 atom stereocenters. The second-order valence-corrected chi connectivity index (χ2v) is 6.02. The fourth-order valence-electron chi connectivity index (χ4n) is 2.17. The molecule has 1 nitrogen and oxygen atoms in total. The first kappa shape index (κ1) is 13.0. The topological polar surface area (TPSA) is 12.0 Å². The van der Waals surface area contributed by atoms with Crippen LogP contribution in [0.1, 0.15) is 43.2 Å². The molecule has 2 heteroatoms. The van der Waals surface area contributed by atoms with Crippen LogP contribution in [-0.2, 0) is 6.54 Å². The van der Waals surface area contributed by atoms with Gasteiger partial charge in [-0.1, -0.05) is 24.3 Å². The maximum atomic E-state index is 3.64. The zero-order valence-corrected chi connectivity index (χ0v) is 11.7. The molecule has 0 aliphatic heterocycles. The van der Waals surface area contributed by atoms with Crippen LogP contribution in [0.5, 0.6) is 0 Å². The van der Waals surface area contributed by atoms with E-state index in [-0.39, 0.29) is 0 Å². The smallest absolute Gasteiger partial charge is 0.0210 e. The Morgan fingerprint density at radius 1 is 1.35 bits per heavy atom. The molecule has 0 saturated heterocycles. The van der Waals surface area contributed by atoms with Crippen LogP contribution >= 0.6 is 11.8 Å². The third kappa shape index (κ3) is 4.04. The van der Waals surface area contributed by atoms with Crippen molar-refractivity contribution in [3.8, 4) is 0 Å². The minimum atomic E-state index is 0.620. The first-order chi connectivity index (χ1) is 8.31. The second kappa shape index (κ2) is 6.46. The Morgan fingerprint density at radius 2 is 2.12 bits per heavy atom. The van der Waals surface area contributed by atoms with Gasteiger partial charge in [-0.25, -0.2) is 0 Å². The predicted molar refractivity (Wildman–Crippen MR) is 77.7 cm³/mol. The van der Waals surface area contributed by atoms with Gasteiger partial charge in [-0.3, -0.25) is 0 Å². The summed E-state index contributed by atoms with van der Waals surface area (Å²) in [5, 5.41) is 3.64. The van der Waals surface area contributed by atoms with E-state index >= 15 is 0 Å². The molecule has 1 aliphatic rings. The van der Waals surface area contributed by atoms with Crippen LogP contribution < -0.4 is 5.32 Å². The van der Waals surface area contributed by atoms with Gasteiger partial charge in [0, 0.05) is 12.6 Å². The maximum Gasteiger partial charge on any atom is 0.0210 e. The molecule has 0 spiro atoms. The van der Waals surface area contributed by atoms with Crippen LogP contribution in [0, 0.1) is 0 Å². The Labute approximate surface area is 109 Å². The summed E-state index contributed by atoms with van der Waals surface area (Å²) in [5.74, 6) is 2.10. The third-order valence-corrected chi connectivity index (χ3v) is 4.11. The standard InChI is InChI=1S/C15H23NS/c1-12(9-10-17-2)16-11-14-5-3-4-6-15(14)13-7-8-13/h3-6,12-13,16H,7-11H2,1-2H3. The van der Waals surface area contributed by atoms with Gasteiger partial charge in [0.25, 0.3) is 0 Å². The van der Waals surface area contributed by atoms with Crippen molar-refractivity contribution in [3.05, 3.63) is 35.4 Å². The molecule has 0 aromatic heterocycles. The Hall–Kier alpha value is -0.470. The largest absolute Gasteiger partial charge is 0.310 e. The van der Waals surface area contributed by atoms with E-state index in [1.165, 1.54) is 30.6 Å². The minimum Gasteiger partial charge on any atom is -0.310 e. The summed E-state index contributed by atoms with van der Waals surface area (Å²) in [4.78, 5) is 0. The summed E-state index contributed by atoms with van der Waals surface area (Å²) in [6.07, 6.45) is 6.21. The van der Waals surface area contributed by atoms with Crippen molar-refractivity contribution in [1.29, 1.82) is 0 Å². The molecule has 1 fully saturated rings. The van der Waals surface area contributed by atoms with Crippen LogP contribution in [0.4, 0.5) is 0 Å². The van der Waals surface area contributed by atoms with Crippen molar-refractivity contribution in [1.82, 2.24) is 5.32 Å². The van der Waals surface area contributed by atoms with Crippen molar-refractivity contribution < 1.29 is 0 Å². The normalized spacial score (nSPS) is 17.1. The van der Waals surface area contributed by atoms with Crippen molar-refractivity contribution in [2.45, 2.75) is 44.7 Å². The number of benzene rings is 1. The molecule has 1 N–H and O–H groups in total. The zero-order valence-electron chi connectivity index (χ0n) is 10.9. The molecule has 17 heavy (non-hydrogen) atoms. The fraction of sp³-hybridized carbons (Fsp3) is 0.600. The highest BCUT2D eigenvalue weighted by Crippen LogP contribution is 2.41. The van der Waals surface area contributed by atoms with E-state index in [1.807, 2.05) is 11.8 Å². The Kier molecular flexibility index (Phi) is 4.93. The highest BCUT2D eigenvalue weighted by Gasteiger charge is 2.25. The van der Waals surface area contributed by atoms with Crippen LogP contribution in [0.2, 0.25) is 0 Å². The Balaban J connectivity index is 1.85. The van der Waals surface area contributed by atoms with Gasteiger partial charge in [0.15, 0.2) is 0 Å². The summed E-state index contributed by atoms with van der Waals surface area (Å²) >= 11 is 1.93. The van der Waals surface area contributed by atoms with Crippen LogP contribution in [0.3, 0.4) is 0 Å². The van der Waals surface area contributed by atoms with Gasteiger partial charge in [0.05, 0.1) is 0 Å². The van der Waals surface area contributed by atoms with E-state index in [4.69, 9.17) is 0 Å². The zero-order chi connectivity index (χ0) is 12.1. The lowest BCUT2D eigenvalue weighted by molar-refractivity contribution is 0.536. The van der Waals surface area contributed by atoms with Gasteiger partial charge in [0.2, 0.25) is 0 Å². The monoisotopic (exact) mass is 249 g/mol.